The SMILES string of the molecule is C[C@]1(O)c2ccccc2CC[C@@H]1O. The molecule has 0 radical (unpaired) electrons. The van der Waals surface area contributed by atoms with E-state index in [0.717, 1.165) is 17.5 Å². The minimum Gasteiger partial charge on any atom is -0.390 e. The molecule has 1 aromatic carbocycles. The maximum Gasteiger partial charge on any atom is 0.113 e. The maximum atomic E-state index is 10.0. The lowest BCUT2D eigenvalue weighted by molar-refractivity contribution is -0.0765. The summed E-state index contributed by atoms with van der Waals surface area (Å²) in [5, 5.41) is 19.7. The van der Waals surface area contributed by atoms with Gasteiger partial charge in [-0.05, 0) is 30.9 Å². The summed E-state index contributed by atoms with van der Waals surface area (Å²) in [5.41, 5.74) is 0.945. The molecular weight excluding hydrogens is 164 g/mol. The van der Waals surface area contributed by atoms with E-state index in [-0.39, 0.29) is 0 Å². The standard InChI is InChI=1S/C11H14O2/c1-11(13)9-5-3-2-4-8(9)6-7-10(11)12/h2-5,10,12-13H,6-7H2,1H3/t10-,11-/m0/s1. The summed E-state index contributed by atoms with van der Waals surface area (Å²) in [6.07, 6.45) is 0.861. The van der Waals surface area contributed by atoms with Gasteiger partial charge in [-0.1, -0.05) is 24.3 Å². The predicted octanol–water partition coefficient (Wildman–Crippen LogP) is 1.20. The van der Waals surface area contributed by atoms with Gasteiger partial charge in [-0.3, -0.25) is 0 Å². The normalized spacial score (nSPS) is 32.7. The van der Waals surface area contributed by atoms with Crippen LogP contribution in [0.15, 0.2) is 24.3 Å². The highest BCUT2D eigenvalue weighted by atomic mass is 16.3. The quantitative estimate of drug-likeness (QED) is 0.626. The van der Waals surface area contributed by atoms with E-state index in [4.69, 9.17) is 0 Å². The molecule has 13 heavy (non-hydrogen) atoms. The van der Waals surface area contributed by atoms with Crippen molar-refractivity contribution in [2.75, 3.05) is 0 Å². The first-order valence-electron chi connectivity index (χ1n) is 4.61. The molecular formula is C11H14O2. The second kappa shape index (κ2) is 2.82. The number of aliphatic hydroxyl groups excluding tert-OH is 1. The van der Waals surface area contributed by atoms with E-state index in [9.17, 15) is 10.2 Å². The number of rotatable bonds is 0. The van der Waals surface area contributed by atoms with Crippen LogP contribution in [0.25, 0.3) is 0 Å². The molecule has 0 saturated carbocycles. The van der Waals surface area contributed by atoms with Gasteiger partial charge in [-0.2, -0.15) is 0 Å². The van der Waals surface area contributed by atoms with E-state index in [1.54, 1.807) is 6.92 Å². The van der Waals surface area contributed by atoms with E-state index in [0.29, 0.717) is 6.42 Å². The second-order valence-electron chi connectivity index (χ2n) is 3.86. The van der Waals surface area contributed by atoms with Crippen LogP contribution in [-0.2, 0) is 12.0 Å². The molecule has 1 aromatic rings. The molecule has 0 spiro atoms. The van der Waals surface area contributed by atoms with Crippen LogP contribution in [0.2, 0.25) is 0 Å². The molecule has 70 valence electrons. The Labute approximate surface area is 77.8 Å². The summed E-state index contributed by atoms with van der Waals surface area (Å²) in [6, 6.07) is 7.76. The third kappa shape index (κ3) is 1.26. The number of benzene rings is 1. The fourth-order valence-electron chi connectivity index (χ4n) is 1.98. The third-order valence-corrected chi connectivity index (χ3v) is 2.90. The van der Waals surface area contributed by atoms with E-state index < -0.39 is 11.7 Å². The van der Waals surface area contributed by atoms with Crippen molar-refractivity contribution in [2.45, 2.75) is 31.5 Å². The molecule has 0 aromatic heterocycles. The fraction of sp³-hybridized carbons (Fsp3) is 0.455. The van der Waals surface area contributed by atoms with Gasteiger partial charge in [0.1, 0.15) is 5.60 Å². The second-order valence-corrected chi connectivity index (χ2v) is 3.86. The van der Waals surface area contributed by atoms with Gasteiger partial charge < -0.3 is 10.2 Å². The zero-order chi connectivity index (χ0) is 9.47. The van der Waals surface area contributed by atoms with E-state index >= 15 is 0 Å². The van der Waals surface area contributed by atoms with Crippen molar-refractivity contribution in [1.29, 1.82) is 0 Å². The molecule has 2 N–H and O–H groups in total. The summed E-state index contributed by atoms with van der Waals surface area (Å²) >= 11 is 0. The Morgan fingerprint density at radius 3 is 2.85 bits per heavy atom. The van der Waals surface area contributed by atoms with Crippen LogP contribution in [0, 0.1) is 0 Å². The van der Waals surface area contributed by atoms with Crippen LogP contribution in [0.1, 0.15) is 24.5 Å². The molecule has 0 saturated heterocycles. The van der Waals surface area contributed by atoms with Crippen molar-refractivity contribution in [3.05, 3.63) is 35.4 Å². The summed E-state index contributed by atoms with van der Waals surface area (Å²) in [6.45, 7) is 1.68. The Balaban J connectivity index is 2.52. The molecule has 0 fully saturated rings. The van der Waals surface area contributed by atoms with Crippen LogP contribution in [0.3, 0.4) is 0 Å². The van der Waals surface area contributed by atoms with Crippen molar-refractivity contribution in [1.82, 2.24) is 0 Å². The Morgan fingerprint density at radius 2 is 2.08 bits per heavy atom. The summed E-state index contributed by atoms with van der Waals surface area (Å²) in [7, 11) is 0. The molecule has 0 unspecified atom stereocenters. The summed E-state index contributed by atoms with van der Waals surface area (Å²) in [5.74, 6) is 0. The van der Waals surface area contributed by atoms with Crippen LogP contribution in [0.4, 0.5) is 0 Å². The minimum atomic E-state index is -1.07. The van der Waals surface area contributed by atoms with Crippen LogP contribution in [0.5, 0.6) is 0 Å². The Hall–Kier alpha value is -0.860. The minimum absolute atomic E-state index is 0.637. The molecule has 0 aliphatic heterocycles. The number of fused-ring (bicyclic) bond motifs is 1. The summed E-state index contributed by atoms with van der Waals surface area (Å²) in [4.78, 5) is 0. The molecule has 1 aliphatic rings. The molecule has 0 bridgehead atoms. The molecule has 2 atom stereocenters. The van der Waals surface area contributed by atoms with Crippen molar-refractivity contribution in [3.63, 3.8) is 0 Å². The first-order chi connectivity index (χ1) is 6.12. The number of aliphatic hydroxyl groups is 2. The monoisotopic (exact) mass is 178 g/mol. The Kier molecular flexibility index (Phi) is 1.90. The lowest BCUT2D eigenvalue weighted by Gasteiger charge is -2.35. The largest absolute Gasteiger partial charge is 0.390 e. The number of aryl methyl sites for hydroxylation is 1. The van der Waals surface area contributed by atoms with Gasteiger partial charge in [-0.25, -0.2) is 0 Å². The smallest absolute Gasteiger partial charge is 0.113 e. The van der Waals surface area contributed by atoms with E-state index in [1.165, 1.54) is 0 Å². The van der Waals surface area contributed by atoms with Gasteiger partial charge in [0.05, 0.1) is 6.10 Å². The fourth-order valence-corrected chi connectivity index (χ4v) is 1.98. The van der Waals surface area contributed by atoms with Gasteiger partial charge >= 0.3 is 0 Å². The zero-order valence-corrected chi connectivity index (χ0v) is 7.70. The Morgan fingerprint density at radius 1 is 1.38 bits per heavy atom. The summed E-state index contributed by atoms with van der Waals surface area (Å²) < 4.78 is 0. The Bertz CT molecular complexity index is 318. The third-order valence-electron chi connectivity index (χ3n) is 2.90. The van der Waals surface area contributed by atoms with Crippen molar-refractivity contribution in [2.24, 2.45) is 0 Å². The molecule has 0 heterocycles. The first kappa shape index (κ1) is 8.73. The maximum absolute atomic E-state index is 10.0. The lowest BCUT2D eigenvalue weighted by atomic mass is 9.78. The highest BCUT2D eigenvalue weighted by molar-refractivity contribution is 5.35. The van der Waals surface area contributed by atoms with Gasteiger partial charge in [0.15, 0.2) is 0 Å². The average molecular weight is 178 g/mol. The molecule has 2 nitrogen and oxygen atoms in total. The predicted molar refractivity (Wildman–Crippen MR) is 50.3 cm³/mol. The topological polar surface area (TPSA) is 40.5 Å². The van der Waals surface area contributed by atoms with Crippen molar-refractivity contribution >= 4 is 0 Å². The van der Waals surface area contributed by atoms with Gasteiger partial charge in [0.25, 0.3) is 0 Å². The molecule has 0 amide bonds. The van der Waals surface area contributed by atoms with Crippen LogP contribution < -0.4 is 0 Å². The molecule has 1 aliphatic carbocycles. The number of hydrogen-bond acceptors (Lipinski definition) is 2. The van der Waals surface area contributed by atoms with E-state index in [1.807, 2.05) is 24.3 Å². The van der Waals surface area contributed by atoms with Gasteiger partial charge in [0.2, 0.25) is 0 Å². The highest BCUT2D eigenvalue weighted by Crippen LogP contribution is 2.34. The zero-order valence-electron chi connectivity index (χ0n) is 7.70. The molecule has 2 heteroatoms. The van der Waals surface area contributed by atoms with Gasteiger partial charge in [-0.15, -0.1) is 0 Å². The van der Waals surface area contributed by atoms with Gasteiger partial charge in [0, 0.05) is 0 Å². The highest BCUT2D eigenvalue weighted by Gasteiger charge is 2.37. The van der Waals surface area contributed by atoms with E-state index in [2.05, 4.69) is 0 Å². The van der Waals surface area contributed by atoms with Crippen molar-refractivity contribution < 1.29 is 10.2 Å². The van der Waals surface area contributed by atoms with Crippen molar-refractivity contribution in [3.8, 4) is 0 Å². The molecule has 2 rings (SSSR count). The van der Waals surface area contributed by atoms with Crippen LogP contribution in [-0.4, -0.2) is 16.3 Å². The first-order valence-corrected chi connectivity index (χ1v) is 4.61. The van der Waals surface area contributed by atoms with Crippen LogP contribution >= 0.6 is 0 Å². The number of hydrogen-bond donors (Lipinski definition) is 2. The lowest BCUT2D eigenvalue weighted by Crippen LogP contribution is -2.40. The average Bonchev–Trinajstić information content (AvgIpc) is 2.13.